The first-order valence-corrected chi connectivity index (χ1v) is 12.3. The van der Waals surface area contributed by atoms with Crippen molar-refractivity contribution in [2.45, 2.75) is 30.9 Å². The van der Waals surface area contributed by atoms with E-state index in [4.69, 9.17) is 23.0 Å². The topological polar surface area (TPSA) is 283 Å². The third kappa shape index (κ3) is 6.50. The van der Waals surface area contributed by atoms with Crippen molar-refractivity contribution >= 4 is 23.5 Å². The highest BCUT2D eigenvalue weighted by atomic mass is 31.3. The van der Waals surface area contributed by atoms with E-state index in [1.807, 2.05) is 0 Å². The van der Waals surface area contributed by atoms with Crippen molar-refractivity contribution in [2.24, 2.45) is 5.73 Å². The van der Waals surface area contributed by atoms with Crippen molar-refractivity contribution in [3.05, 3.63) is 27.3 Å². The molecule has 6 atom stereocenters. The minimum atomic E-state index is -6.02. The largest absolute Gasteiger partial charge is 0.490 e. The van der Waals surface area contributed by atoms with Gasteiger partial charge in [0.05, 0.1) is 9.30 Å². The summed E-state index contributed by atoms with van der Waals surface area (Å²) in [6.07, 6.45) is -5.81. The van der Waals surface area contributed by atoms with Gasteiger partial charge in [0.2, 0.25) is 0 Å². The molecule has 0 aromatic carbocycles. The third-order valence-electron chi connectivity index (χ3n) is 3.50. The molecule has 0 bridgehead atoms. The van der Waals surface area contributed by atoms with Crippen molar-refractivity contribution in [1.29, 1.82) is 0 Å². The molecule has 1 aliphatic heterocycles. The van der Waals surface area contributed by atoms with Crippen LogP contribution in [-0.2, 0) is 31.6 Å². The number of rotatable bonds is 8. The number of H-pyrrole nitrogens is 1. The number of aromatic nitrogens is 3. The summed E-state index contributed by atoms with van der Waals surface area (Å²) in [7, 11) is -17.7. The second kappa shape index (κ2) is 9.37. The van der Waals surface area contributed by atoms with E-state index >= 15 is 0 Å². The molecule has 18 nitrogen and oxygen atoms in total. The molecule has 32 heavy (non-hydrogen) atoms. The van der Waals surface area contributed by atoms with Crippen LogP contribution in [0.1, 0.15) is 15.9 Å². The van der Waals surface area contributed by atoms with E-state index in [9.17, 15) is 38.2 Å². The molecule has 3 unspecified atom stereocenters. The Hall–Kier alpha value is -1.54. The van der Waals surface area contributed by atoms with Gasteiger partial charge in [0.15, 0.2) is 11.8 Å². The summed E-state index contributed by atoms with van der Waals surface area (Å²) in [5.74, 6) is 4.60. The minimum absolute atomic E-state index is 0.524. The molecular weight excluding hydrogens is 505 g/mol. The number of aromatic amines is 1. The number of phosphoric ester groups is 1. The third-order valence-corrected chi connectivity index (χ3v) is 7.17. The van der Waals surface area contributed by atoms with Gasteiger partial charge in [0.25, 0.3) is 0 Å². The highest BCUT2D eigenvalue weighted by Crippen LogP contribution is 2.66. The average molecular weight is 524 g/mol. The fourth-order valence-corrected chi connectivity index (χ4v) is 5.28. The van der Waals surface area contributed by atoms with E-state index in [1.165, 1.54) is 6.92 Å². The van der Waals surface area contributed by atoms with E-state index in [-0.39, 0.29) is 0 Å². The van der Waals surface area contributed by atoms with Crippen LogP contribution in [0.15, 0.2) is 15.9 Å². The number of aliphatic hydroxyl groups excluding tert-OH is 1. The molecule has 0 spiro atoms. The quantitative estimate of drug-likeness (QED) is 0.134. The molecule has 2 rings (SSSR count). The Labute approximate surface area is 180 Å². The van der Waals surface area contributed by atoms with Gasteiger partial charge in [-0.05, 0) is 6.92 Å². The zero-order chi connectivity index (χ0) is 26.3. The molecule has 1 saturated heterocycles. The Morgan fingerprint density at radius 3 is 2.47 bits per heavy atom. The van der Waals surface area contributed by atoms with Crippen LogP contribution in [0.3, 0.4) is 0 Å². The van der Waals surface area contributed by atoms with E-state index in [0.29, 0.717) is 10.9 Å². The Morgan fingerprint density at radius 1 is 1.31 bits per heavy atom. The Bertz CT molecular complexity index is 1270. The lowest BCUT2D eigenvalue weighted by Gasteiger charge is -2.27. The van der Waals surface area contributed by atoms with Crippen LogP contribution >= 0.6 is 23.5 Å². The maximum Gasteiger partial charge on any atom is 0.490 e. The number of nitrogens with two attached hydrogens (primary N) is 1. The lowest BCUT2D eigenvalue weighted by molar-refractivity contribution is -0.0472. The van der Waals surface area contributed by atoms with Crippen molar-refractivity contribution < 1.29 is 59.0 Å². The molecule has 21 heteroatoms. The number of hydrogen-bond donors (Lipinski definition) is 7. The van der Waals surface area contributed by atoms with E-state index in [2.05, 4.69) is 30.0 Å². The highest BCUT2D eigenvalue weighted by Gasteiger charge is 2.55. The number of nitrogens with one attached hydrogen (secondary N) is 1. The summed E-state index contributed by atoms with van der Waals surface area (Å²) < 4.78 is 66.7. The lowest BCUT2D eigenvalue weighted by atomic mass is 9.91. The van der Waals surface area contributed by atoms with Gasteiger partial charge in [0, 0.05) is 0 Å². The monoisotopic (exact) mass is 524 g/mol. The molecular formula is C11H17N4O14P3. The second-order valence-electron chi connectivity index (χ2n) is 5.85. The zero-order valence-electron chi connectivity index (χ0n) is 17.5. The van der Waals surface area contributed by atoms with Crippen molar-refractivity contribution in [3.63, 3.8) is 0 Å². The fourth-order valence-electron chi connectivity index (χ4n) is 2.40. The molecule has 1 fully saturated rings. The standard InChI is InChI=1S/C11H17N4O14P3/c1-2-3-11(12)7(16)6(27-8(11)15-5-13-9(17)14-10(15)18)4-26-31(22,23)29-32(24,25)28-30(19,20)21/h5-8,16H,4,12H2,1H3,(H,22,23)(H,24,25)(H,14,17,18)(H2,19,20,21)/t6-,7+,8-,11?/m1/s1/i4D2. The van der Waals surface area contributed by atoms with Crippen LogP contribution in [0.5, 0.6) is 0 Å². The first-order valence-electron chi connectivity index (χ1n) is 8.81. The summed E-state index contributed by atoms with van der Waals surface area (Å²) in [6, 6.07) is 0. The molecule has 0 amide bonds. The maximum atomic E-state index is 12.1. The summed E-state index contributed by atoms with van der Waals surface area (Å²) in [5, 5.41) is 10.6. The normalized spacial score (nSPS) is 30.9. The van der Waals surface area contributed by atoms with Crippen LogP contribution in [0, 0.1) is 11.8 Å². The van der Waals surface area contributed by atoms with Gasteiger partial charge in [-0.3, -0.25) is 14.1 Å². The van der Waals surface area contributed by atoms with Crippen molar-refractivity contribution in [3.8, 4) is 11.8 Å². The van der Waals surface area contributed by atoms with E-state index in [0.717, 1.165) is 0 Å². The SMILES string of the molecule is [2H]C([2H])(OP(=O)(O)OP(=O)(O)OP(=O)(O)O)[C@H]1O[C@@H](n2cnc(=O)[nH]c2=O)C(N)(C#CC)[C@H]1O. The predicted octanol–water partition coefficient (Wildman–Crippen LogP) is -2.75. The number of phosphoric acid groups is 3. The van der Waals surface area contributed by atoms with Gasteiger partial charge in [0.1, 0.15) is 18.5 Å². The van der Waals surface area contributed by atoms with Crippen LogP contribution in [0.4, 0.5) is 0 Å². The van der Waals surface area contributed by atoms with Crippen LogP contribution < -0.4 is 17.1 Å². The molecule has 0 aliphatic carbocycles. The van der Waals surface area contributed by atoms with Gasteiger partial charge in [-0.25, -0.2) is 23.3 Å². The Balaban J connectivity index is 2.41. The molecule has 1 aliphatic rings. The summed E-state index contributed by atoms with van der Waals surface area (Å²) in [4.78, 5) is 64.2. The van der Waals surface area contributed by atoms with Crippen LogP contribution in [0.25, 0.3) is 0 Å². The van der Waals surface area contributed by atoms with E-state index in [1.54, 1.807) is 4.98 Å². The first kappa shape index (κ1) is 23.6. The van der Waals surface area contributed by atoms with Crippen molar-refractivity contribution in [2.75, 3.05) is 6.56 Å². The van der Waals surface area contributed by atoms with Crippen LogP contribution in [-0.4, -0.2) is 63.5 Å². The summed E-state index contributed by atoms with van der Waals surface area (Å²) in [5.41, 5.74) is 1.47. The van der Waals surface area contributed by atoms with Gasteiger partial charge in [-0.1, -0.05) is 5.92 Å². The minimum Gasteiger partial charge on any atom is -0.387 e. The number of ether oxygens (including phenoxy) is 1. The molecule has 2 heterocycles. The summed E-state index contributed by atoms with van der Waals surface area (Å²) in [6.45, 7) is -2.36. The zero-order valence-corrected chi connectivity index (χ0v) is 18.2. The second-order valence-corrected chi connectivity index (χ2v) is 10.2. The fraction of sp³-hybridized carbons (Fsp3) is 0.545. The smallest absolute Gasteiger partial charge is 0.387 e. The molecule has 1 aromatic heterocycles. The van der Waals surface area contributed by atoms with Gasteiger partial charge >= 0.3 is 34.8 Å². The number of nitrogens with zero attached hydrogens (tertiary/aromatic N) is 2. The average Bonchev–Trinajstić information content (AvgIpc) is 2.83. The molecule has 1 aromatic rings. The molecule has 0 saturated carbocycles. The highest BCUT2D eigenvalue weighted by molar-refractivity contribution is 7.66. The maximum absolute atomic E-state index is 12.1. The van der Waals surface area contributed by atoms with Crippen LogP contribution in [0.2, 0.25) is 0 Å². The van der Waals surface area contributed by atoms with Gasteiger partial charge < -0.3 is 35.2 Å². The Kier molecular flexibility index (Phi) is 6.92. The first-order chi connectivity index (χ1) is 15.2. The molecule has 0 radical (unpaired) electrons. The molecule has 8 N–H and O–H groups in total. The summed E-state index contributed by atoms with van der Waals surface area (Å²) >= 11 is 0. The van der Waals surface area contributed by atoms with Gasteiger partial charge in [-0.2, -0.15) is 13.6 Å². The number of hydrogen-bond acceptors (Lipinski definition) is 12. The van der Waals surface area contributed by atoms with Gasteiger partial charge in [-0.15, -0.1) is 5.92 Å². The Morgan fingerprint density at radius 2 is 1.94 bits per heavy atom. The van der Waals surface area contributed by atoms with E-state index < -0.39 is 65.4 Å². The lowest BCUT2D eigenvalue weighted by Crippen LogP contribution is -2.55. The predicted molar refractivity (Wildman–Crippen MR) is 99.2 cm³/mol. The molecule has 180 valence electrons. The van der Waals surface area contributed by atoms with Crippen molar-refractivity contribution in [1.82, 2.24) is 14.5 Å². The number of aliphatic hydroxyl groups is 1.